The number of benzene rings is 1. The van der Waals surface area contributed by atoms with Crippen molar-refractivity contribution in [1.29, 1.82) is 0 Å². The Bertz CT molecular complexity index is 873. The van der Waals surface area contributed by atoms with Crippen LogP contribution in [0.2, 0.25) is 0 Å². The van der Waals surface area contributed by atoms with Crippen LogP contribution in [0, 0.1) is 5.82 Å². The van der Waals surface area contributed by atoms with E-state index in [1.54, 1.807) is 16.8 Å². The number of fused-ring (bicyclic) bond motifs is 3. The molecule has 0 aliphatic carbocycles. The molecule has 0 radical (unpaired) electrons. The second kappa shape index (κ2) is 5.35. The highest BCUT2D eigenvalue weighted by molar-refractivity contribution is 5.76. The molecule has 3 heterocycles. The maximum Gasteiger partial charge on any atom is 0.227 e. The predicted molar refractivity (Wildman–Crippen MR) is 86.1 cm³/mol. The van der Waals surface area contributed by atoms with Gasteiger partial charge in [-0.1, -0.05) is 6.07 Å². The van der Waals surface area contributed by atoms with Crippen LogP contribution in [0.15, 0.2) is 36.7 Å². The number of aromatic nitrogens is 4. The van der Waals surface area contributed by atoms with Gasteiger partial charge in [0.1, 0.15) is 5.82 Å². The summed E-state index contributed by atoms with van der Waals surface area (Å²) < 4.78 is 15.1. The molecular weight excluding hydrogens is 295 g/mol. The minimum absolute atomic E-state index is 0.302. The van der Waals surface area contributed by atoms with Gasteiger partial charge in [0.25, 0.3) is 0 Å². The van der Waals surface area contributed by atoms with Crippen LogP contribution in [0.5, 0.6) is 0 Å². The van der Waals surface area contributed by atoms with E-state index in [0.29, 0.717) is 11.6 Å². The molecule has 3 aromatic rings. The van der Waals surface area contributed by atoms with Crippen LogP contribution >= 0.6 is 0 Å². The maximum absolute atomic E-state index is 13.3. The summed E-state index contributed by atoms with van der Waals surface area (Å²) in [6.45, 7) is 0.789. The first-order valence-electron chi connectivity index (χ1n) is 7.35. The van der Waals surface area contributed by atoms with Gasteiger partial charge in [-0.25, -0.2) is 14.4 Å². The van der Waals surface area contributed by atoms with E-state index in [2.05, 4.69) is 25.7 Å². The summed E-state index contributed by atoms with van der Waals surface area (Å²) in [5.41, 5.74) is 3.48. The van der Waals surface area contributed by atoms with E-state index in [1.807, 2.05) is 19.4 Å². The summed E-state index contributed by atoms with van der Waals surface area (Å²) in [4.78, 5) is 8.95. The Morgan fingerprint density at radius 2 is 2.26 bits per heavy atom. The molecule has 6 nitrogen and oxygen atoms in total. The normalized spacial score (nSPS) is 12.8. The van der Waals surface area contributed by atoms with E-state index >= 15 is 0 Å². The van der Waals surface area contributed by atoms with Crippen molar-refractivity contribution < 1.29 is 4.39 Å². The number of nitrogens with one attached hydrogen (secondary N) is 2. The molecule has 0 saturated heterocycles. The summed E-state index contributed by atoms with van der Waals surface area (Å²) in [7, 11) is 1.88. The van der Waals surface area contributed by atoms with Gasteiger partial charge in [0, 0.05) is 31.7 Å². The topological polar surface area (TPSA) is 67.7 Å². The second-order valence-electron chi connectivity index (χ2n) is 5.44. The molecule has 0 bridgehead atoms. The number of hydrogen-bond acceptors (Lipinski definition) is 5. The van der Waals surface area contributed by atoms with E-state index in [4.69, 9.17) is 0 Å². The zero-order chi connectivity index (χ0) is 15.8. The van der Waals surface area contributed by atoms with E-state index in [-0.39, 0.29) is 5.82 Å². The quantitative estimate of drug-likeness (QED) is 0.762. The minimum atomic E-state index is -0.302. The average Bonchev–Trinajstić information content (AvgIpc) is 2.81. The predicted octanol–water partition coefficient (Wildman–Crippen LogP) is 2.73. The fourth-order valence-electron chi connectivity index (χ4n) is 2.69. The molecule has 0 atom stereocenters. The Morgan fingerprint density at radius 1 is 1.35 bits per heavy atom. The minimum Gasteiger partial charge on any atom is -0.368 e. The number of nitrogens with zero attached hydrogens (tertiary/aromatic N) is 4. The smallest absolute Gasteiger partial charge is 0.227 e. The van der Waals surface area contributed by atoms with Crippen LogP contribution in [0.25, 0.3) is 11.3 Å². The van der Waals surface area contributed by atoms with Gasteiger partial charge in [-0.2, -0.15) is 5.10 Å². The van der Waals surface area contributed by atoms with E-state index in [0.717, 1.165) is 35.6 Å². The largest absolute Gasteiger partial charge is 0.368 e. The van der Waals surface area contributed by atoms with Gasteiger partial charge in [0.2, 0.25) is 5.95 Å². The van der Waals surface area contributed by atoms with Crippen LogP contribution in [0.3, 0.4) is 0 Å². The van der Waals surface area contributed by atoms with Gasteiger partial charge in [0.05, 0.1) is 11.3 Å². The fourth-order valence-corrected chi connectivity index (χ4v) is 2.69. The Morgan fingerprint density at radius 3 is 3.13 bits per heavy atom. The first-order chi connectivity index (χ1) is 11.2. The molecule has 0 amide bonds. The number of anilines is 3. The lowest BCUT2D eigenvalue weighted by molar-refractivity contribution is 0.628. The standard InChI is InChI=1S/C16H15FN6/c1-23-9-13-14-10(5-6-18-15(13)22-23)8-19-16(21-14)20-12-4-2-3-11(17)7-12/h2-4,7-9H,5-6H2,1H3,(H,18,22)(H,19,20,21). The molecule has 2 N–H and O–H groups in total. The molecule has 1 aliphatic heterocycles. The lowest BCUT2D eigenvalue weighted by atomic mass is 10.1. The number of rotatable bonds is 2. The molecule has 1 aromatic carbocycles. The van der Waals surface area contributed by atoms with Crippen LogP contribution in [0.1, 0.15) is 5.56 Å². The zero-order valence-electron chi connectivity index (χ0n) is 12.5. The van der Waals surface area contributed by atoms with Crippen molar-refractivity contribution >= 4 is 17.5 Å². The van der Waals surface area contributed by atoms with Crippen molar-refractivity contribution in [3.63, 3.8) is 0 Å². The van der Waals surface area contributed by atoms with E-state index in [9.17, 15) is 4.39 Å². The van der Waals surface area contributed by atoms with Crippen LogP contribution in [-0.4, -0.2) is 26.3 Å². The molecule has 1 aliphatic rings. The fraction of sp³-hybridized carbons (Fsp3) is 0.188. The lowest BCUT2D eigenvalue weighted by Crippen LogP contribution is -2.05. The average molecular weight is 310 g/mol. The summed E-state index contributed by atoms with van der Waals surface area (Å²) in [6, 6.07) is 6.22. The van der Waals surface area contributed by atoms with Crippen LogP contribution in [0.4, 0.5) is 21.8 Å². The van der Waals surface area contributed by atoms with Gasteiger partial charge >= 0.3 is 0 Å². The monoisotopic (exact) mass is 310 g/mol. The van der Waals surface area contributed by atoms with Crippen LogP contribution < -0.4 is 10.6 Å². The van der Waals surface area contributed by atoms with E-state index in [1.165, 1.54) is 12.1 Å². The zero-order valence-corrected chi connectivity index (χ0v) is 12.5. The molecule has 0 saturated carbocycles. The van der Waals surface area contributed by atoms with Gasteiger partial charge in [-0.05, 0) is 30.2 Å². The number of aryl methyl sites for hydroxylation is 1. The lowest BCUT2D eigenvalue weighted by Gasteiger charge is -2.08. The molecule has 116 valence electrons. The molecular formula is C16H15FN6. The molecule has 0 spiro atoms. The SMILES string of the molecule is Cn1cc2c(n1)NCCc1cnc(Nc3cccc(F)c3)nc1-2. The molecule has 4 rings (SSSR count). The van der Waals surface area contributed by atoms with Gasteiger partial charge in [-0.15, -0.1) is 0 Å². The Kier molecular flexibility index (Phi) is 3.18. The van der Waals surface area contributed by atoms with Crippen molar-refractivity contribution in [2.45, 2.75) is 6.42 Å². The molecule has 0 unspecified atom stereocenters. The van der Waals surface area contributed by atoms with Crippen molar-refractivity contribution in [3.05, 3.63) is 48.0 Å². The summed E-state index contributed by atoms with van der Waals surface area (Å²) in [6.07, 6.45) is 4.58. The Labute approximate surface area is 132 Å². The second-order valence-corrected chi connectivity index (χ2v) is 5.44. The molecule has 2 aromatic heterocycles. The maximum atomic E-state index is 13.3. The number of halogens is 1. The first kappa shape index (κ1) is 13.7. The molecule has 7 heteroatoms. The van der Waals surface area contributed by atoms with E-state index < -0.39 is 0 Å². The molecule has 0 fully saturated rings. The summed E-state index contributed by atoms with van der Waals surface area (Å²) >= 11 is 0. The van der Waals surface area contributed by atoms with Gasteiger partial charge in [0.15, 0.2) is 5.82 Å². The van der Waals surface area contributed by atoms with Crippen molar-refractivity contribution in [2.75, 3.05) is 17.2 Å². The highest BCUT2D eigenvalue weighted by Gasteiger charge is 2.19. The Hall–Kier alpha value is -2.96. The van der Waals surface area contributed by atoms with Gasteiger partial charge < -0.3 is 10.6 Å². The summed E-state index contributed by atoms with van der Waals surface area (Å²) in [5, 5.41) is 10.8. The number of hydrogen-bond donors (Lipinski definition) is 2. The third-order valence-corrected chi connectivity index (χ3v) is 3.72. The van der Waals surface area contributed by atoms with Crippen molar-refractivity contribution in [1.82, 2.24) is 19.7 Å². The highest BCUT2D eigenvalue weighted by atomic mass is 19.1. The van der Waals surface area contributed by atoms with Crippen molar-refractivity contribution in [2.24, 2.45) is 7.05 Å². The molecule has 23 heavy (non-hydrogen) atoms. The van der Waals surface area contributed by atoms with Crippen LogP contribution in [-0.2, 0) is 13.5 Å². The first-order valence-corrected chi connectivity index (χ1v) is 7.35. The third kappa shape index (κ3) is 2.61. The Balaban J connectivity index is 1.75. The summed E-state index contributed by atoms with van der Waals surface area (Å²) in [5.74, 6) is 0.955. The third-order valence-electron chi connectivity index (χ3n) is 3.72. The van der Waals surface area contributed by atoms with Gasteiger partial charge in [-0.3, -0.25) is 4.68 Å². The van der Waals surface area contributed by atoms with Crippen molar-refractivity contribution in [3.8, 4) is 11.3 Å². The highest BCUT2D eigenvalue weighted by Crippen LogP contribution is 2.31.